The van der Waals surface area contributed by atoms with E-state index in [1.165, 1.54) is 0 Å². The predicted octanol–water partition coefficient (Wildman–Crippen LogP) is -0.406. The summed E-state index contributed by atoms with van der Waals surface area (Å²) in [6.45, 7) is 2.98. The Kier molecular flexibility index (Phi) is 4.36. The molecule has 2 rings (SSSR count). The minimum atomic E-state index is -0.531. The van der Waals surface area contributed by atoms with Crippen LogP contribution in [0.3, 0.4) is 0 Å². The summed E-state index contributed by atoms with van der Waals surface area (Å²) in [5, 5.41) is 13.0. The van der Waals surface area contributed by atoms with E-state index in [4.69, 9.17) is 4.74 Å². The largest absolute Gasteiger partial charge is 0.388 e. The lowest BCUT2D eigenvalue weighted by molar-refractivity contribution is -0.131. The highest BCUT2D eigenvalue weighted by Gasteiger charge is 2.34. The third kappa shape index (κ3) is 3.18. The predicted molar refractivity (Wildman–Crippen MR) is 63.6 cm³/mol. The summed E-state index contributed by atoms with van der Waals surface area (Å²) in [5.41, 5.74) is 0. The molecular weight excluding hydrogens is 220 g/mol. The second kappa shape index (κ2) is 5.80. The van der Waals surface area contributed by atoms with E-state index in [1.54, 1.807) is 12.0 Å². The van der Waals surface area contributed by atoms with E-state index in [-0.39, 0.29) is 12.0 Å². The Balaban J connectivity index is 1.80. The lowest BCUT2D eigenvalue weighted by atomic mass is 9.94. The molecule has 0 spiro atoms. The summed E-state index contributed by atoms with van der Waals surface area (Å²) in [6, 6.07) is 0. The molecule has 2 fully saturated rings. The first kappa shape index (κ1) is 12.8. The average Bonchev–Trinajstić information content (AvgIpc) is 2.72. The van der Waals surface area contributed by atoms with Gasteiger partial charge in [-0.15, -0.1) is 0 Å². The normalized spacial score (nSPS) is 30.8. The third-order valence-electron chi connectivity index (χ3n) is 3.81. The summed E-state index contributed by atoms with van der Waals surface area (Å²) >= 11 is 0. The highest BCUT2D eigenvalue weighted by molar-refractivity contribution is 5.76. The van der Waals surface area contributed by atoms with Crippen molar-refractivity contribution < 1.29 is 14.6 Å². The van der Waals surface area contributed by atoms with Crippen molar-refractivity contribution in [2.45, 2.75) is 31.5 Å². The van der Waals surface area contributed by atoms with E-state index in [0.717, 1.165) is 25.9 Å². The zero-order chi connectivity index (χ0) is 12.3. The molecule has 0 aliphatic carbocycles. The lowest BCUT2D eigenvalue weighted by Crippen LogP contribution is -2.34. The number of hydrogen-bond donors (Lipinski definition) is 2. The molecule has 1 amide bonds. The van der Waals surface area contributed by atoms with Crippen LogP contribution < -0.4 is 5.32 Å². The summed E-state index contributed by atoms with van der Waals surface area (Å²) in [4.78, 5) is 13.8. The maximum Gasteiger partial charge on any atom is 0.223 e. The van der Waals surface area contributed by atoms with E-state index in [2.05, 4.69) is 5.32 Å². The number of likely N-dealkylation sites (tertiary alicyclic amines) is 1. The van der Waals surface area contributed by atoms with Crippen molar-refractivity contribution >= 4 is 5.91 Å². The second-order valence-electron chi connectivity index (χ2n) is 5.04. The van der Waals surface area contributed by atoms with Gasteiger partial charge in [0.2, 0.25) is 5.91 Å². The topological polar surface area (TPSA) is 61.8 Å². The van der Waals surface area contributed by atoms with Gasteiger partial charge < -0.3 is 20.1 Å². The Morgan fingerprint density at radius 1 is 1.41 bits per heavy atom. The summed E-state index contributed by atoms with van der Waals surface area (Å²) in [6.07, 6.45) is 2.03. The van der Waals surface area contributed by atoms with Crippen LogP contribution in [0.1, 0.15) is 19.3 Å². The molecular formula is C12H22N2O3. The van der Waals surface area contributed by atoms with Gasteiger partial charge in [0.15, 0.2) is 0 Å². The van der Waals surface area contributed by atoms with Gasteiger partial charge in [-0.1, -0.05) is 0 Å². The van der Waals surface area contributed by atoms with Crippen molar-refractivity contribution in [3.8, 4) is 0 Å². The number of nitrogens with zero attached hydrogens (tertiary/aromatic N) is 1. The van der Waals surface area contributed by atoms with Gasteiger partial charge in [0.25, 0.3) is 0 Å². The standard InChI is InChI=1S/C12H22N2O3/c1-17-11-8-14(7-10(11)15)12(16)6-9-2-4-13-5-3-9/h9-11,13,15H,2-8H2,1H3. The smallest absolute Gasteiger partial charge is 0.223 e. The van der Waals surface area contributed by atoms with Gasteiger partial charge in [-0.25, -0.2) is 0 Å². The quantitative estimate of drug-likeness (QED) is 0.706. The number of nitrogens with one attached hydrogen (secondary N) is 1. The number of methoxy groups -OCH3 is 1. The molecule has 0 bridgehead atoms. The Bertz CT molecular complexity index is 266. The zero-order valence-electron chi connectivity index (χ0n) is 10.4. The van der Waals surface area contributed by atoms with Gasteiger partial charge in [-0.2, -0.15) is 0 Å². The molecule has 2 saturated heterocycles. The lowest BCUT2D eigenvalue weighted by Gasteiger charge is -2.24. The monoisotopic (exact) mass is 242 g/mol. The maximum absolute atomic E-state index is 12.1. The molecule has 17 heavy (non-hydrogen) atoms. The van der Waals surface area contributed by atoms with E-state index < -0.39 is 6.10 Å². The number of ether oxygens (including phenoxy) is 1. The Labute approximate surface area is 102 Å². The Morgan fingerprint density at radius 3 is 2.71 bits per heavy atom. The van der Waals surface area contributed by atoms with Gasteiger partial charge in [0, 0.05) is 26.6 Å². The molecule has 2 N–H and O–H groups in total. The van der Waals surface area contributed by atoms with E-state index in [9.17, 15) is 9.90 Å². The summed E-state index contributed by atoms with van der Waals surface area (Å²) in [5.74, 6) is 0.665. The van der Waals surface area contributed by atoms with E-state index >= 15 is 0 Å². The Morgan fingerprint density at radius 2 is 2.12 bits per heavy atom. The molecule has 2 aliphatic rings. The van der Waals surface area contributed by atoms with E-state index in [1.807, 2.05) is 0 Å². The van der Waals surface area contributed by atoms with Crippen LogP contribution in [0.15, 0.2) is 0 Å². The Hall–Kier alpha value is -0.650. The number of aliphatic hydroxyl groups excluding tert-OH is 1. The van der Waals surface area contributed by atoms with Crippen molar-refractivity contribution in [1.29, 1.82) is 0 Å². The number of piperidine rings is 1. The van der Waals surface area contributed by atoms with E-state index in [0.29, 0.717) is 25.4 Å². The van der Waals surface area contributed by atoms with Gasteiger partial charge >= 0.3 is 0 Å². The molecule has 2 aliphatic heterocycles. The fraction of sp³-hybridized carbons (Fsp3) is 0.917. The van der Waals surface area contributed by atoms with Crippen LogP contribution in [0.25, 0.3) is 0 Å². The van der Waals surface area contributed by atoms with Crippen LogP contribution in [-0.2, 0) is 9.53 Å². The van der Waals surface area contributed by atoms with Crippen LogP contribution in [-0.4, -0.2) is 61.4 Å². The molecule has 98 valence electrons. The number of carbonyl (C=O) groups excluding carboxylic acids is 1. The second-order valence-corrected chi connectivity index (χ2v) is 5.04. The van der Waals surface area contributed by atoms with Crippen LogP contribution in [0, 0.1) is 5.92 Å². The molecule has 5 heteroatoms. The van der Waals surface area contributed by atoms with Gasteiger partial charge in [0.05, 0.1) is 6.10 Å². The minimum absolute atomic E-state index is 0.163. The average molecular weight is 242 g/mol. The minimum Gasteiger partial charge on any atom is -0.388 e. The zero-order valence-corrected chi connectivity index (χ0v) is 10.4. The first-order valence-electron chi connectivity index (χ1n) is 6.40. The maximum atomic E-state index is 12.1. The SMILES string of the molecule is COC1CN(C(=O)CC2CCNCC2)CC1O. The summed E-state index contributed by atoms with van der Waals surface area (Å²) < 4.78 is 5.14. The van der Waals surface area contributed by atoms with Crippen molar-refractivity contribution in [3.05, 3.63) is 0 Å². The molecule has 0 aromatic rings. The number of amides is 1. The fourth-order valence-electron chi connectivity index (χ4n) is 2.65. The fourth-order valence-corrected chi connectivity index (χ4v) is 2.65. The number of β-amino-alcohol motifs (C(OH)–C–C–N with tert-alkyl or cyclic N) is 1. The van der Waals surface area contributed by atoms with Crippen LogP contribution in [0.5, 0.6) is 0 Å². The first-order chi connectivity index (χ1) is 8.20. The van der Waals surface area contributed by atoms with Crippen LogP contribution in [0.2, 0.25) is 0 Å². The van der Waals surface area contributed by atoms with Gasteiger partial charge in [-0.3, -0.25) is 4.79 Å². The molecule has 2 unspecified atom stereocenters. The van der Waals surface area contributed by atoms with Crippen molar-refractivity contribution in [1.82, 2.24) is 10.2 Å². The number of aliphatic hydroxyl groups is 1. The highest BCUT2D eigenvalue weighted by Crippen LogP contribution is 2.20. The van der Waals surface area contributed by atoms with Crippen LogP contribution in [0.4, 0.5) is 0 Å². The number of rotatable bonds is 3. The summed E-state index contributed by atoms with van der Waals surface area (Å²) in [7, 11) is 1.58. The van der Waals surface area contributed by atoms with Crippen LogP contribution >= 0.6 is 0 Å². The molecule has 2 heterocycles. The van der Waals surface area contributed by atoms with Gasteiger partial charge in [0.1, 0.15) is 6.10 Å². The molecule has 0 aromatic heterocycles. The van der Waals surface area contributed by atoms with Crippen molar-refractivity contribution in [3.63, 3.8) is 0 Å². The molecule has 2 atom stereocenters. The van der Waals surface area contributed by atoms with Gasteiger partial charge in [-0.05, 0) is 31.8 Å². The first-order valence-corrected chi connectivity index (χ1v) is 6.40. The molecule has 0 radical (unpaired) electrons. The molecule has 0 aromatic carbocycles. The van der Waals surface area contributed by atoms with Crippen molar-refractivity contribution in [2.24, 2.45) is 5.92 Å². The number of carbonyl (C=O) groups is 1. The highest BCUT2D eigenvalue weighted by atomic mass is 16.5. The molecule has 0 saturated carbocycles. The molecule has 5 nitrogen and oxygen atoms in total. The number of hydrogen-bond acceptors (Lipinski definition) is 4. The third-order valence-corrected chi connectivity index (χ3v) is 3.81. The van der Waals surface area contributed by atoms with Crippen molar-refractivity contribution in [2.75, 3.05) is 33.3 Å².